The Bertz CT molecular complexity index is 613. The molecule has 0 aromatic carbocycles. The van der Waals surface area contributed by atoms with E-state index in [-0.39, 0.29) is 25.2 Å². The van der Waals surface area contributed by atoms with Crippen molar-refractivity contribution < 1.29 is 24.2 Å². The lowest BCUT2D eigenvalue weighted by atomic mass is 10.1. The molecule has 1 unspecified atom stereocenters. The third kappa shape index (κ3) is 29.4. The van der Waals surface area contributed by atoms with E-state index >= 15 is 0 Å². The molecule has 1 atom stereocenters. The number of esters is 2. The summed E-state index contributed by atoms with van der Waals surface area (Å²) in [4.78, 5) is 24.1. The Morgan fingerprint density at radius 3 is 1.43 bits per heavy atom. The van der Waals surface area contributed by atoms with E-state index in [1.165, 1.54) is 89.9 Å². The highest BCUT2D eigenvalue weighted by molar-refractivity contribution is 5.70. The highest BCUT2D eigenvalue weighted by Crippen LogP contribution is 2.12. The van der Waals surface area contributed by atoms with Crippen LogP contribution in [0.2, 0.25) is 0 Å². The molecule has 5 nitrogen and oxygen atoms in total. The third-order valence-electron chi connectivity index (χ3n) is 7.22. The van der Waals surface area contributed by atoms with Crippen LogP contribution in [0, 0.1) is 0 Å². The summed E-state index contributed by atoms with van der Waals surface area (Å²) in [5, 5.41) is 9.49. The SMILES string of the molecule is CCCCC=CCCCCCCCC(=O)OC(CO)COC(=O)CCCCCCCC=CCCCCCCCC. The molecule has 0 amide bonds. The molecule has 40 heavy (non-hydrogen) atoms. The quantitative estimate of drug-likeness (QED) is 0.0534. The van der Waals surface area contributed by atoms with E-state index in [9.17, 15) is 14.7 Å². The highest BCUT2D eigenvalue weighted by atomic mass is 16.6. The number of hydrogen-bond donors (Lipinski definition) is 1. The molecule has 0 heterocycles. The van der Waals surface area contributed by atoms with Gasteiger partial charge in [0.15, 0.2) is 6.10 Å². The minimum absolute atomic E-state index is 0.0715. The number of allylic oxidation sites excluding steroid dienone is 4. The number of unbranched alkanes of at least 4 members (excludes halogenated alkanes) is 18. The van der Waals surface area contributed by atoms with E-state index in [0.29, 0.717) is 12.8 Å². The molecule has 0 aromatic heterocycles. The van der Waals surface area contributed by atoms with Gasteiger partial charge in [-0.25, -0.2) is 0 Å². The van der Waals surface area contributed by atoms with E-state index in [1.54, 1.807) is 0 Å². The minimum atomic E-state index is -0.773. The van der Waals surface area contributed by atoms with Crippen LogP contribution in [0.15, 0.2) is 24.3 Å². The smallest absolute Gasteiger partial charge is 0.306 e. The average Bonchev–Trinajstić information content (AvgIpc) is 2.96. The first kappa shape index (κ1) is 38.4. The van der Waals surface area contributed by atoms with E-state index in [1.807, 2.05) is 0 Å². The van der Waals surface area contributed by atoms with Crippen LogP contribution in [0.25, 0.3) is 0 Å². The third-order valence-corrected chi connectivity index (χ3v) is 7.22. The molecule has 0 saturated carbocycles. The molecular weight excluding hydrogens is 500 g/mol. The fourth-order valence-electron chi connectivity index (χ4n) is 4.59. The van der Waals surface area contributed by atoms with E-state index < -0.39 is 6.10 Å². The second kappa shape index (κ2) is 31.9. The number of carbonyl (C=O) groups excluding carboxylic acids is 2. The lowest BCUT2D eigenvalue weighted by Gasteiger charge is -2.15. The summed E-state index contributed by atoms with van der Waals surface area (Å²) in [7, 11) is 0. The summed E-state index contributed by atoms with van der Waals surface area (Å²) < 4.78 is 10.5. The van der Waals surface area contributed by atoms with Crippen LogP contribution in [0.5, 0.6) is 0 Å². The van der Waals surface area contributed by atoms with Crippen LogP contribution in [0.4, 0.5) is 0 Å². The van der Waals surface area contributed by atoms with E-state index in [0.717, 1.165) is 51.4 Å². The fraction of sp³-hybridized carbons (Fsp3) is 0.829. The summed E-state index contributed by atoms with van der Waals surface area (Å²) in [6.07, 6.45) is 35.1. The van der Waals surface area contributed by atoms with Crippen molar-refractivity contribution in [2.75, 3.05) is 13.2 Å². The number of carbonyl (C=O) groups is 2. The molecule has 0 fully saturated rings. The van der Waals surface area contributed by atoms with Gasteiger partial charge in [0.1, 0.15) is 6.61 Å². The maximum atomic E-state index is 12.1. The number of hydrogen-bond acceptors (Lipinski definition) is 5. The first-order chi connectivity index (χ1) is 19.6. The van der Waals surface area contributed by atoms with Gasteiger partial charge in [-0.1, -0.05) is 122 Å². The van der Waals surface area contributed by atoms with Gasteiger partial charge in [-0.2, -0.15) is 0 Å². The summed E-state index contributed by atoms with van der Waals surface area (Å²) in [6.45, 7) is 4.06. The van der Waals surface area contributed by atoms with Crippen molar-refractivity contribution in [1.29, 1.82) is 0 Å². The van der Waals surface area contributed by atoms with E-state index in [2.05, 4.69) is 38.2 Å². The second-order valence-electron chi connectivity index (χ2n) is 11.2. The van der Waals surface area contributed by atoms with Gasteiger partial charge in [0.05, 0.1) is 6.61 Å². The average molecular weight is 565 g/mol. The number of aliphatic hydroxyl groups is 1. The molecule has 5 heteroatoms. The molecule has 0 radical (unpaired) electrons. The molecule has 1 N–H and O–H groups in total. The number of ether oxygens (including phenoxy) is 2. The molecule has 0 aliphatic carbocycles. The van der Waals surface area contributed by atoms with Crippen LogP contribution >= 0.6 is 0 Å². The summed E-state index contributed by atoms with van der Waals surface area (Å²) in [6, 6.07) is 0. The molecule has 0 aliphatic rings. The fourth-order valence-corrected chi connectivity index (χ4v) is 4.59. The van der Waals surface area contributed by atoms with Crippen LogP contribution < -0.4 is 0 Å². The number of aliphatic hydroxyl groups excluding tert-OH is 1. The van der Waals surface area contributed by atoms with Gasteiger partial charge in [0, 0.05) is 12.8 Å². The molecule has 0 spiro atoms. The Kier molecular flexibility index (Phi) is 30.6. The zero-order valence-electron chi connectivity index (χ0n) is 26.4. The van der Waals surface area contributed by atoms with Crippen molar-refractivity contribution in [3.8, 4) is 0 Å². The van der Waals surface area contributed by atoms with Gasteiger partial charge in [-0.05, 0) is 57.8 Å². The van der Waals surface area contributed by atoms with Crippen LogP contribution in [-0.2, 0) is 19.1 Å². The Hall–Kier alpha value is -1.62. The molecule has 0 rings (SSSR count). The van der Waals surface area contributed by atoms with Crippen molar-refractivity contribution in [2.45, 2.75) is 174 Å². The van der Waals surface area contributed by atoms with Crippen molar-refractivity contribution in [3.05, 3.63) is 24.3 Å². The molecular formula is C35H64O5. The highest BCUT2D eigenvalue weighted by Gasteiger charge is 2.16. The topological polar surface area (TPSA) is 72.8 Å². The monoisotopic (exact) mass is 564 g/mol. The first-order valence-corrected chi connectivity index (χ1v) is 16.9. The summed E-state index contributed by atoms with van der Waals surface area (Å²) in [5.41, 5.74) is 0. The standard InChI is InChI=1S/C35H64O5/c1-3-5-7-9-11-13-15-16-17-18-20-21-23-25-27-29-34(37)39-32-33(31-36)40-35(38)30-28-26-24-22-19-14-12-10-8-6-4-2/h10,12,16-17,33,36H,3-9,11,13-15,18-32H2,1-2H3. The van der Waals surface area contributed by atoms with Gasteiger partial charge >= 0.3 is 11.9 Å². The molecule has 0 aromatic rings. The largest absolute Gasteiger partial charge is 0.462 e. The first-order valence-electron chi connectivity index (χ1n) is 16.9. The molecule has 0 aliphatic heterocycles. The Labute approximate surface area is 247 Å². The molecule has 234 valence electrons. The van der Waals surface area contributed by atoms with Crippen LogP contribution in [0.1, 0.15) is 168 Å². The number of rotatable bonds is 30. The zero-order chi connectivity index (χ0) is 29.4. The normalized spacial score (nSPS) is 12.4. The Morgan fingerprint density at radius 2 is 0.950 bits per heavy atom. The van der Waals surface area contributed by atoms with Crippen molar-refractivity contribution >= 4 is 11.9 Å². The summed E-state index contributed by atoms with van der Waals surface area (Å²) in [5.74, 6) is -0.612. The van der Waals surface area contributed by atoms with Gasteiger partial charge in [-0.3, -0.25) is 9.59 Å². The van der Waals surface area contributed by atoms with Crippen LogP contribution in [0.3, 0.4) is 0 Å². The van der Waals surface area contributed by atoms with E-state index in [4.69, 9.17) is 9.47 Å². The predicted octanol–water partition coefficient (Wildman–Crippen LogP) is 9.95. The molecule has 0 saturated heterocycles. The van der Waals surface area contributed by atoms with Gasteiger partial charge < -0.3 is 14.6 Å². The van der Waals surface area contributed by atoms with Gasteiger partial charge in [0.2, 0.25) is 0 Å². The Balaban J connectivity index is 3.59. The predicted molar refractivity (Wildman–Crippen MR) is 168 cm³/mol. The maximum Gasteiger partial charge on any atom is 0.306 e. The molecule has 0 bridgehead atoms. The van der Waals surface area contributed by atoms with Gasteiger partial charge in [0.25, 0.3) is 0 Å². The lowest BCUT2D eigenvalue weighted by molar-refractivity contribution is -0.161. The Morgan fingerprint density at radius 1 is 0.550 bits per heavy atom. The van der Waals surface area contributed by atoms with Gasteiger partial charge in [-0.15, -0.1) is 0 Å². The van der Waals surface area contributed by atoms with Crippen molar-refractivity contribution in [3.63, 3.8) is 0 Å². The second-order valence-corrected chi connectivity index (χ2v) is 11.2. The zero-order valence-corrected chi connectivity index (χ0v) is 26.4. The van der Waals surface area contributed by atoms with Crippen LogP contribution in [-0.4, -0.2) is 36.4 Å². The minimum Gasteiger partial charge on any atom is -0.462 e. The summed E-state index contributed by atoms with van der Waals surface area (Å²) >= 11 is 0. The van der Waals surface area contributed by atoms with Crippen molar-refractivity contribution in [2.24, 2.45) is 0 Å². The van der Waals surface area contributed by atoms with Crippen molar-refractivity contribution in [1.82, 2.24) is 0 Å². The maximum absolute atomic E-state index is 12.1. The lowest BCUT2D eigenvalue weighted by Crippen LogP contribution is -2.28.